The maximum absolute atomic E-state index is 12.4. The molecule has 3 nitrogen and oxygen atoms in total. The highest BCUT2D eigenvalue weighted by Gasteiger charge is 2.33. The largest absolute Gasteiger partial charge is 0.486 e. The predicted molar refractivity (Wildman–Crippen MR) is 73.6 cm³/mol. The molecule has 0 bridgehead atoms. The zero-order chi connectivity index (χ0) is 14.2. The highest BCUT2D eigenvalue weighted by Crippen LogP contribution is 2.38. The van der Waals surface area contributed by atoms with Crippen molar-refractivity contribution in [1.29, 1.82) is 0 Å². The van der Waals surface area contributed by atoms with Crippen LogP contribution in [0.1, 0.15) is 50.0 Å². The van der Waals surface area contributed by atoms with Gasteiger partial charge < -0.3 is 9.53 Å². The van der Waals surface area contributed by atoms with E-state index in [1.807, 2.05) is 26.0 Å². The minimum atomic E-state index is -0.295. The number of para-hydroxylation sites is 1. The molecule has 0 spiro atoms. The van der Waals surface area contributed by atoms with Crippen molar-refractivity contribution < 1.29 is 14.3 Å². The Balaban J connectivity index is 2.31. The standard InChI is InChI=1S/C16H20O3/c1-10(8-11(2)17)14(18)13-7-5-6-12-9-16(3,4)19-15(12)13/h5-7,10H,8-9H2,1-4H3. The Kier molecular flexibility index (Phi) is 3.48. The summed E-state index contributed by atoms with van der Waals surface area (Å²) in [6.45, 7) is 7.34. The van der Waals surface area contributed by atoms with Crippen LogP contribution >= 0.6 is 0 Å². The van der Waals surface area contributed by atoms with Gasteiger partial charge in [-0.1, -0.05) is 19.1 Å². The summed E-state index contributed by atoms with van der Waals surface area (Å²) in [5.41, 5.74) is 1.42. The average Bonchev–Trinajstić information content (AvgIpc) is 2.60. The van der Waals surface area contributed by atoms with Gasteiger partial charge in [-0.3, -0.25) is 4.79 Å². The molecule has 1 heterocycles. The van der Waals surface area contributed by atoms with Crippen LogP contribution in [0.5, 0.6) is 5.75 Å². The first-order valence-electron chi connectivity index (χ1n) is 6.65. The molecule has 1 atom stereocenters. The van der Waals surface area contributed by atoms with Crippen LogP contribution in [0.15, 0.2) is 18.2 Å². The Morgan fingerprint density at radius 1 is 1.37 bits per heavy atom. The molecule has 0 radical (unpaired) electrons. The number of carbonyl (C=O) groups excluding carboxylic acids is 2. The summed E-state index contributed by atoms with van der Waals surface area (Å²) in [6, 6.07) is 5.67. The topological polar surface area (TPSA) is 43.4 Å². The smallest absolute Gasteiger partial charge is 0.169 e. The van der Waals surface area contributed by atoms with Crippen molar-refractivity contribution >= 4 is 11.6 Å². The molecule has 0 fully saturated rings. The van der Waals surface area contributed by atoms with Crippen LogP contribution in [0.3, 0.4) is 0 Å². The normalized spacial score (nSPS) is 17.5. The third-order valence-electron chi connectivity index (χ3n) is 3.40. The first kappa shape index (κ1) is 13.8. The molecule has 1 aliphatic heterocycles. The summed E-state index contributed by atoms with van der Waals surface area (Å²) < 4.78 is 5.90. The first-order valence-corrected chi connectivity index (χ1v) is 6.65. The first-order chi connectivity index (χ1) is 8.80. The third kappa shape index (κ3) is 2.86. The molecule has 19 heavy (non-hydrogen) atoms. The fourth-order valence-electron chi connectivity index (χ4n) is 2.60. The van der Waals surface area contributed by atoms with Crippen LogP contribution in [0.4, 0.5) is 0 Å². The van der Waals surface area contributed by atoms with E-state index >= 15 is 0 Å². The van der Waals surface area contributed by atoms with Crippen LogP contribution in [-0.4, -0.2) is 17.2 Å². The molecule has 1 aromatic carbocycles. The van der Waals surface area contributed by atoms with Crippen LogP contribution in [-0.2, 0) is 11.2 Å². The van der Waals surface area contributed by atoms with Crippen LogP contribution in [0, 0.1) is 5.92 Å². The maximum Gasteiger partial charge on any atom is 0.169 e. The molecule has 1 aliphatic rings. The number of fused-ring (bicyclic) bond motifs is 1. The van der Waals surface area contributed by atoms with Gasteiger partial charge in [0.2, 0.25) is 0 Å². The van der Waals surface area contributed by atoms with Gasteiger partial charge in [0.15, 0.2) is 5.78 Å². The van der Waals surface area contributed by atoms with E-state index in [0.717, 1.165) is 12.0 Å². The van der Waals surface area contributed by atoms with Crippen molar-refractivity contribution in [2.24, 2.45) is 5.92 Å². The van der Waals surface area contributed by atoms with Crippen molar-refractivity contribution in [3.05, 3.63) is 29.3 Å². The lowest BCUT2D eigenvalue weighted by atomic mass is 9.92. The monoisotopic (exact) mass is 260 g/mol. The predicted octanol–water partition coefficient (Wildman–Crippen LogP) is 3.20. The number of ether oxygens (including phenoxy) is 1. The maximum atomic E-state index is 12.4. The van der Waals surface area contributed by atoms with Gasteiger partial charge in [0.05, 0.1) is 5.56 Å². The summed E-state index contributed by atoms with van der Waals surface area (Å²) >= 11 is 0. The van der Waals surface area contributed by atoms with Crippen molar-refractivity contribution in [2.45, 2.75) is 46.1 Å². The third-order valence-corrected chi connectivity index (χ3v) is 3.40. The summed E-state index contributed by atoms with van der Waals surface area (Å²) in [6.07, 6.45) is 1.09. The quantitative estimate of drug-likeness (QED) is 0.781. The number of benzene rings is 1. The Morgan fingerprint density at radius 2 is 2.05 bits per heavy atom. The Labute approximate surface area is 114 Å². The van der Waals surface area contributed by atoms with Crippen molar-refractivity contribution in [2.75, 3.05) is 0 Å². The fraction of sp³-hybridized carbons (Fsp3) is 0.500. The summed E-state index contributed by atoms with van der Waals surface area (Å²) in [5, 5.41) is 0. The number of Topliss-reactive ketones (excluding diaryl/α,β-unsaturated/α-hetero) is 2. The van der Waals surface area contributed by atoms with Crippen molar-refractivity contribution in [3.8, 4) is 5.75 Å². The number of carbonyl (C=O) groups is 2. The molecule has 1 aromatic rings. The SMILES string of the molecule is CC(=O)CC(C)C(=O)c1cccc2c1OC(C)(C)C2. The lowest BCUT2D eigenvalue weighted by Crippen LogP contribution is -2.25. The lowest BCUT2D eigenvalue weighted by molar-refractivity contribution is -0.117. The molecule has 1 unspecified atom stereocenters. The highest BCUT2D eigenvalue weighted by molar-refractivity contribution is 6.02. The van der Waals surface area contributed by atoms with Crippen molar-refractivity contribution in [1.82, 2.24) is 0 Å². The van der Waals surface area contributed by atoms with Crippen LogP contribution in [0.25, 0.3) is 0 Å². The second-order valence-corrected chi connectivity index (χ2v) is 6.00. The van der Waals surface area contributed by atoms with Crippen LogP contribution < -0.4 is 4.74 Å². The molecular weight excluding hydrogens is 240 g/mol. The molecule has 0 saturated carbocycles. The Bertz CT molecular complexity index is 529. The molecule has 102 valence electrons. The van der Waals surface area contributed by atoms with Crippen molar-refractivity contribution in [3.63, 3.8) is 0 Å². The summed E-state index contributed by atoms with van der Waals surface area (Å²) in [4.78, 5) is 23.6. The van der Waals surface area contributed by atoms with E-state index in [1.54, 1.807) is 13.0 Å². The molecule has 0 aliphatic carbocycles. The number of hydrogen-bond donors (Lipinski definition) is 0. The van der Waals surface area contributed by atoms with Crippen LogP contribution in [0.2, 0.25) is 0 Å². The molecule has 2 rings (SSSR count). The van der Waals surface area contributed by atoms with Gasteiger partial charge in [-0.15, -0.1) is 0 Å². The van der Waals surface area contributed by atoms with Gasteiger partial charge in [0.1, 0.15) is 17.1 Å². The molecule has 3 heteroatoms. The molecular formula is C16H20O3. The molecule has 0 aromatic heterocycles. The van der Waals surface area contributed by atoms with E-state index in [2.05, 4.69) is 0 Å². The number of hydrogen-bond acceptors (Lipinski definition) is 3. The van der Waals surface area contributed by atoms with E-state index in [0.29, 0.717) is 11.3 Å². The van der Waals surface area contributed by atoms with E-state index in [9.17, 15) is 9.59 Å². The van der Waals surface area contributed by atoms with Gasteiger partial charge in [0.25, 0.3) is 0 Å². The second kappa shape index (κ2) is 4.80. The average molecular weight is 260 g/mol. The lowest BCUT2D eigenvalue weighted by Gasteiger charge is -2.18. The van der Waals surface area contributed by atoms with Gasteiger partial charge in [0, 0.05) is 18.8 Å². The second-order valence-electron chi connectivity index (χ2n) is 6.00. The van der Waals surface area contributed by atoms with E-state index in [1.165, 1.54) is 6.92 Å². The summed E-state index contributed by atoms with van der Waals surface area (Å²) in [7, 11) is 0. The zero-order valence-electron chi connectivity index (χ0n) is 11.9. The van der Waals surface area contributed by atoms with Gasteiger partial charge in [-0.2, -0.15) is 0 Å². The van der Waals surface area contributed by atoms with E-state index in [4.69, 9.17) is 4.74 Å². The van der Waals surface area contributed by atoms with Gasteiger partial charge in [-0.05, 0) is 32.4 Å². The van der Waals surface area contributed by atoms with E-state index < -0.39 is 0 Å². The van der Waals surface area contributed by atoms with Gasteiger partial charge in [-0.25, -0.2) is 0 Å². The molecule has 0 amide bonds. The minimum Gasteiger partial charge on any atom is -0.486 e. The summed E-state index contributed by atoms with van der Waals surface area (Å²) in [5.74, 6) is 0.434. The fourth-order valence-corrected chi connectivity index (χ4v) is 2.60. The van der Waals surface area contributed by atoms with E-state index in [-0.39, 0.29) is 29.5 Å². The van der Waals surface area contributed by atoms with Gasteiger partial charge >= 0.3 is 0 Å². The zero-order valence-corrected chi connectivity index (χ0v) is 11.9. The highest BCUT2D eigenvalue weighted by atomic mass is 16.5. The number of ketones is 2. The minimum absolute atomic E-state index is 0.00949. The molecule has 0 N–H and O–H groups in total. The Morgan fingerprint density at radius 3 is 2.68 bits per heavy atom. The molecule has 0 saturated heterocycles. The Hall–Kier alpha value is -1.64. The number of rotatable bonds is 4.